The predicted octanol–water partition coefficient (Wildman–Crippen LogP) is 3.98. The fraction of sp³-hybridized carbons (Fsp3) is 0.652. The van der Waals surface area contributed by atoms with Crippen molar-refractivity contribution in [1.29, 1.82) is 0 Å². The molecule has 4 atom stereocenters. The maximum atomic E-state index is 12.6. The molecule has 3 aliphatic heterocycles. The van der Waals surface area contributed by atoms with E-state index in [9.17, 15) is 14.7 Å². The fourth-order valence-electron chi connectivity index (χ4n) is 5.53. The van der Waals surface area contributed by atoms with E-state index in [2.05, 4.69) is 24.3 Å². The molecule has 1 N–H and O–H groups in total. The van der Waals surface area contributed by atoms with Gasteiger partial charge >= 0.3 is 5.97 Å². The van der Waals surface area contributed by atoms with E-state index >= 15 is 0 Å². The average Bonchev–Trinajstić information content (AvgIpc) is 3.17. The molecule has 0 radical (unpaired) electrons. The van der Waals surface area contributed by atoms with Gasteiger partial charge in [0.05, 0.1) is 0 Å². The third-order valence-electron chi connectivity index (χ3n) is 7.47. The standard InChI is InChI=1S/C23H29NO4S/c25-21(18-2-1-13-28-18)24-11-9-23(10-12-24)14-17(23)15-3-5-16(6-4-15)19-7-8-20(29-19)22(26)27/h3-6,17-20H,1-2,7-14H2,(H,26,27)/t17-,18-,19?,20?/m1/s1. The molecule has 1 aromatic rings. The Morgan fingerprint density at radius 3 is 2.41 bits per heavy atom. The van der Waals surface area contributed by atoms with E-state index in [1.165, 1.54) is 17.5 Å². The van der Waals surface area contributed by atoms with Crippen molar-refractivity contribution in [2.75, 3.05) is 19.7 Å². The van der Waals surface area contributed by atoms with Crippen LogP contribution >= 0.6 is 11.8 Å². The number of amides is 1. The maximum absolute atomic E-state index is 12.6. The smallest absolute Gasteiger partial charge is 0.316 e. The minimum Gasteiger partial charge on any atom is -0.480 e. The van der Waals surface area contributed by atoms with Crippen LogP contribution in [0.5, 0.6) is 0 Å². The molecule has 6 heteroatoms. The maximum Gasteiger partial charge on any atom is 0.316 e. The number of rotatable bonds is 4. The van der Waals surface area contributed by atoms with Gasteiger partial charge in [0, 0.05) is 24.9 Å². The summed E-state index contributed by atoms with van der Waals surface area (Å²) in [5.41, 5.74) is 3.05. The number of aliphatic carboxylic acids is 1. The lowest BCUT2D eigenvalue weighted by atomic mass is 9.88. The van der Waals surface area contributed by atoms with Crippen molar-refractivity contribution in [3.63, 3.8) is 0 Å². The summed E-state index contributed by atoms with van der Waals surface area (Å²) in [6.07, 6.45) is 6.81. The summed E-state index contributed by atoms with van der Waals surface area (Å²) in [7, 11) is 0. The highest BCUT2D eigenvalue weighted by atomic mass is 32.2. The number of ether oxygens (including phenoxy) is 1. The zero-order valence-corrected chi connectivity index (χ0v) is 17.5. The minimum atomic E-state index is -0.682. The van der Waals surface area contributed by atoms with Crippen molar-refractivity contribution in [2.45, 2.75) is 67.5 Å². The van der Waals surface area contributed by atoms with Crippen LogP contribution < -0.4 is 0 Å². The Morgan fingerprint density at radius 2 is 1.79 bits per heavy atom. The Morgan fingerprint density at radius 1 is 1.07 bits per heavy atom. The molecule has 1 saturated carbocycles. The first-order valence-electron chi connectivity index (χ1n) is 10.9. The highest BCUT2D eigenvalue weighted by Crippen LogP contribution is 2.65. The van der Waals surface area contributed by atoms with Crippen LogP contribution in [0, 0.1) is 5.41 Å². The molecular weight excluding hydrogens is 386 g/mol. The van der Waals surface area contributed by atoms with Crippen LogP contribution in [0.2, 0.25) is 0 Å². The number of piperidine rings is 1. The van der Waals surface area contributed by atoms with Gasteiger partial charge in [-0.25, -0.2) is 0 Å². The first-order valence-corrected chi connectivity index (χ1v) is 11.9. The van der Waals surface area contributed by atoms with Gasteiger partial charge in [-0.05, 0) is 67.4 Å². The van der Waals surface area contributed by atoms with Crippen LogP contribution in [0.25, 0.3) is 0 Å². The molecule has 156 valence electrons. The summed E-state index contributed by atoms with van der Waals surface area (Å²) in [6.45, 7) is 2.45. The zero-order chi connectivity index (χ0) is 20.0. The largest absolute Gasteiger partial charge is 0.480 e. The number of thioether (sulfide) groups is 1. The summed E-state index contributed by atoms with van der Waals surface area (Å²) in [5, 5.41) is 9.26. The highest BCUT2D eigenvalue weighted by molar-refractivity contribution is 8.01. The van der Waals surface area contributed by atoms with Gasteiger partial charge in [0.2, 0.25) is 0 Å². The van der Waals surface area contributed by atoms with Crippen molar-refractivity contribution in [2.24, 2.45) is 5.41 Å². The molecule has 1 amide bonds. The molecule has 3 heterocycles. The SMILES string of the molecule is O=C(O)C1CCC(c2ccc([C@H]3CC34CCN(C(=O)[C@H]3CCCO3)CC4)cc2)S1. The van der Waals surface area contributed by atoms with Crippen molar-refractivity contribution in [3.8, 4) is 0 Å². The first kappa shape index (κ1) is 19.4. The lowest BCUT2D eigenvalue weighted by Crippen LogP contribution is -2.44. The number of likely N-dealkylation sites (tertiary alicyclic amines) is 1. The molecule has 1 aliphatic carbocycles. The Hall–Kier alpha value is -1.53. The Kier molecular flexibility index (Phi) is 5.11. The van der Waals surface area contributed by atoms with Gasteiger partial charge in [-0.2, -0.15) is 0 Å². The van der Waals surface area contributed by atoms with E-state index < -0.39 is 5.97 Å². The van der Waals surface area contributed by atoms with E-state index in [0.29, 0.717) is 16.6 Å². The number of carbonyl (C=O) groups excluding carboxylic acids is 1. The summed E-state index contributed by atoms with van der Waals surface area (Å²) >= 11 is 1.59. The van der Waals surface area contributed by atoms with Gasteiger partial charge in [-0.1, -0.05) is 24.3 Å². The Balaban J connectivity index is 1.17. The lowest BCUT2D eigenvalue weighted by Gasteiger charge is -2.34. The summed E-state index contributed by atoms with van der Waals surface area (Å²) in [5.74, 6) is 0.130. The highest BCUT2D eigenvalue weighted by Gasteiger charge is 2.55. The molecule has 1 aromatic carbocycles. The number of carboxylic acid groups (broad SMARTS) is 1. The van der Waals surface area contributed by atoms with Crippen molar-refractivity contribution >= 4 is 23.6 Å². The molecule has 1 spiro atoms. The molecule has 5 rings (SSSR count). The quantitative estimate of drug-likeness (QED) is 0.806. The van der Waals surface area contributed by atoms with Gasteiger partial charge in [-0.15, -0.1) is 11.8 Å². The monoisotopic (exact) mass is 415 g/mol. The molecule has 4 aliphatic rings. The molecule has 29 heavy (non-hydrogen) atoms. The van der Waals surface area contributed by atoms with Gasteiger partial charge in [-0.3, -0.25) is 9.59 Å². The number of carbonyl (C=O) groups is 2. The second-order valence-electron chi connectivity index (χ2n) is 9.14. The van der Waals surface area contributed by atoms with E-state index in [1.54, 1.807) is 11.8 Å². The van der Waals surface area contributed by atoms with Crippen molar-refractivity contribution in [3.05, 3.63) is 35.4 Å². The Labute approximate surface area is 176 Å². The molecular formula is C23H29NO4S. The van der Waals surface area contributed by atoms with E-state index in [0.717, 1.165) is 58.2 Å². The van der Waals surface area contributed by atoms with E-state index in [4.69, 9.17) is 4.74 Å². The van der Waals surface area contributed by atoms with E-state index in [-0.39, 0.29) is 17.3 Å². The molecule has 3 saturated heterocycles. The second-order valence-corrected chi connectivity index (χ2v) is 10.6. The zero-order valence-electron chi connectivity index (χ0n) is 16.7. The minimum absolute atomic E-state index is 0.194. The number of carboxylic acids is 1. The number of nitrogens with zero attached hydrogens (tertiary/aromatic N) is 1. The van der Waals surface area contributed by atoms with Gasteiger partial charge in [0.25, 0.3) is 5.91 Å². The van der Waals surface area contributed by atoms with Crippen molar-refractivity contribution < 1.29 is 19.4 Å². The lowest BCUT2D eigenvalue weighted by molar-refractivity contribution is -0.142. The summed E-state index contributed by atoms with van der Waals surface area (Å²) < 4.78 is 5.57. The van der Waals surface area contributed by atoms with Crippen LogP contribution in [0.1, 0.15) is 67.2 Å². The predicted molar refractivity (Wildman–Crippen MR) is 112 cm³/mol. The molecule has 4 fully saturated rings. The molecule has 0 aromatic heterocycles. The van der Waals surface area contributed by atoms with Crippen LogP contribution in [-0.4, -0.2) is 52.9 Å². The second kappa shape index (κ2) is 7.62. The van der Waals surface area contributed by atoms with Crippen LogP contribution in [0.4, 0.5) is 0 Å². The molecule has 5 nitrogen and oxygen atoms in total. The summed E-state index contributed by atoms with van der Waals surface area (Å²) in [6, 6.07) is 8.93. The van der Waals surface area contributed by atoms with Crippen LogP contribution in [-0.2, 0) is 14.3 Å². The number of benzene rings is 1. The fourth-order valence-corrected chi connectivity index (χ4v) is 6.90. The Bertz CT molecular complexity index is 781. The van der Waals surface area contributed by atoms with Gasteiger partial charge in [0.1, 0.15) is 11.4 Å². The van der Waals surface area contributed by atoms with E-state index in [1.807, 2.05) is 4.90 Å². The van der Waals surface area contributed by atoms with Gasteiger partial charge in [0.15, 0.2) is 0 Å². The number of hydrogen-bond acceptors (Lipinski definition) is 4. The third kappa shape index (κ3) is 3.70. The molecule has 0 bridgehead atoms. The first-order chi connectivity index (χ1) is 14.1. The third-order valence-corrected chi connectivity index (χ3v) is 9.07. The normalized spacial score (nSPS) is 33.2. The average molecular weight is 416 g/mol. The molecule has 2 unspecified atom stereocenters. The summed E-state index contributed by atoms with van der Waals surface area (Å²) in [4.78, 5) is 25.8. The van der Waals surface area contributed by atoms with Crippen LogP contribution in [0.15, 0.2) is 24.3 Å². The number of hydrogen-bond donors (Lipinski definition) is 1. The van der Waals surface area contributed by atoms with Crippen LogP contribution in [0.3, 0.4) is 0 Å². The van der Waals surface area contributed by atoms with Gasteiger partial charge < -0.3 is 14.7 Å². The topological polar surface area (TPSA) is 66.8 Å². The van der Waals surface area contributed by atoms with Crippen molar-refractivity contribution in [1.82, 2.24) is 4.90 Å².